The van der Waals surface area contributed by atoms with Crippen LogP contribution in [-0.2, 0) is 4.79 Å². The van der Waals surface area contributed by atoms with Gasteiger partial charge in [0.05, 0.1) is 11.3 Å². The highest BCUT2D eigenvalue weighted by Crippen LogP contribution is 2.40. The first kappa shape index (κ1) is 26.6. The Balaban J connectivity index is 1.45. The van der Waals surface area contributed by atoms with Gasteiger partial charge < -0.3 is 19.9 Å². The number of benzene rings is 1. The minimum absolute atomic E-state index is 0.0466. The minimum Gasteiger partial charge on any atom is -0.482 e. The molecule has 2 N–H and O–H groups in total. The molecule has 5 rings (SSSR count). The van der Waals surface area contributed by atoms with Crippen LogP contribution in [0, 0.1) is 6.92 Å². The molecular formula is C30H36N6O3. The predicted molar refractivity (Wildman–Crippen MR) is 150 cm³/mol. The zero-order valence-corrected chi connectivity index (χ0v) is 22.8. The van der Waals surface area contributed by atoms with Crippen molar-refractivity contribution in [2.45, 2.75) is 44.8 Å². The Kier molecular flexibility index (Phi) is 7.79. The monoisotopic (exact) mass is 528 g/mol. The number of piperazine rings is 1. The van der Waals surface area contributed by atoms with Crippen molar-refractivity contribution in [3.63, 3.8) is 0 Å². The average molecular weight is 529 g/mol. The molecule has 204 valence electrons. The van der Waals surface area contributed by atoms with E-state index in [0.29, 0.717) is 49.2 Å². The zero-order valence-electron chi connectivity index (χ0n) is 22.8. The summed E-state index contributed by atoms with van der Waals surface area (Å²) in [6.07, 6.45) is 8.79. The second-order valence-electron chi connectivity index (χ2n) is 10.4. The molecule has 3 heterocycles. The highest BCUT2D eigenvalue weighted by molar-refractivity contribution is 5.98. The van der Waals surface area contributed by atoms with Crippen LogP contribution in [0.5, 0.6) is 5.75 Å². The van der Waals surface area contributed by atoms with Crippen LogP contribution in [0.2, 0.25) is 0 Å². The van der Waals surface area contributed by atoms with Crippen molar-refractivity contribution in [3.8, 4) is 17.1 Å². The lowest BCUT2D eigenvalue weighted by Crippen LogP contribution is -2.54. The summed E-state index contributed by atoms with van der Waals surface area (Å²) in [5.41, 5.74) is 4.28. The molecule has 0 bridgehead atoms. The van der Waals surface area contributed by atoms with E-state index in [1.807, 2.05) is 43.1 Å². The van der Waals surface area contributed by atoms with E-state index in [1.165, 1.54) is 24.5 Å². The number of aryl methyl sites for hydroxylation is 1. The molecule has 39 heavy (non-hydrogen) atoms. The summed E-state index contributed by atoms with van der Waals surface area (Å²) in [4.78, 5) is 41.7. The first-order valence-corrected chi connectivity index (χ1v) is 13.5. The third-order valence-corrected chi connectivity index (χ3v) is 7.60. The average Bonchev–Trinajstić information content (AvgIpc) is 3.66. The molecule has 1 saturated carbocycles. The number of ether oxygens (including phenoxy) is 1. The van der Waals surface area contributed by atoms with Crippen molar-refractivity contribution < 1.29 is 14.3 Å². The maximum atomic E-state index is 13.0. The smallest absolute Gasteiger partial charge is 0.254 e. The van der Waals surface area contributed by atoms with Crippen molar-refractivity contribution in [1.29, 1.82) is 0 Å². The van der Waals surface area contributed by atoms with Crippen molar-refractivity contribution in [2.24, 2.45) is 0 Å². The third kappa shape index (κ3) is 5.88. The molecule has 2 fully saturated rings. The number of pyridine rings is 1. The molecule has 2 atom stereocenters. The summed E-state index contributed by atoms with van der Waals surface area (Å²) in [6.45, 7) is 10.3. The van der Waals surface area contributed by atoms with Gasteiger partial charge in [-0.15, -0.1) is 0 Å². The number of rotatable bonds is 9. The number of aromatic amines is 1. The molecular weight excluding hydrogens is 492 g/mol. The van der Waals surface area contributed by atoms with Crippen molar-refractivity contribution in [3.05, 3.63) is 77.9 Å². The highest BCUT2D eigenvalue weighted by atomic mass is 16.5. The Hall–Kier alpha value is -3.98. The van der Waals surface area contributed by atoms with E-state index in [-0.39, 0.29) is 17.9 Å². The molecule has 2 aliphatic rings. The Bertz CT molecular complexity index is 1330. The van der Waals surface area contributed by atoms with Gasteiger partial charge >= 0.3 is 0 Å². The minimum atomic E-state index is -0.413. The standard InChI is InChI=1S/C30H36N6O3/c1-5-28(37)36-13-12-35(17-20(36)3)18-27(25-9-8-22(16-34-25)21-6-7-21)39-26-14-19(2)23(29-32-10-11-33-29)15-24(26)30(38)31-4/h5,8-11,14-16,20-21,27H,1,6-7,12-13,17-18H2,2-4H3,(H,31,38)(H,32,33)/t20-,27-/m1/s1. The number of nitrogens with zero attached hydrogens (tertiary/aromatic N) is 4. The van der Waals surface area contributed by atoms with Crippen LogP contribution in [0.15, 0.2) is 55.5 Å². The molecule has 1 aromatic carbocycles. The Morgan fingerprint density at radius 1 is 1.26 bits per heavy atom. The van der Waals surface area contributed by atoms with E-state index >= 15 is 0 Å². The first-order valence-electron chi connectivity index (χ1n) is 13.5. The van der Waals surface area contributed by atoms with Gasteiger partial charge in [0.2, 0.25) is 5.91 Å². The summed E-state index contributed by atoms with van der Waals surface area (Å²) < 4.78 is 6.66. The number of hydrogen-bond acceptors (Lipinski definition) is 6. The normalized spacial score (nSPS) is 18.4. The topological polar surface area (TPSA) is 103 Å². The van der Waals surface area contributed by atoms with Gasteiger partial charge in [-0.05, 0) is 68.0 Å². The quantitative estimate of drug-likeness (QED) is 0.409. The Labute approximate surface area is 229 Å². The van der Waals surface area contributed by atoms with Crippen molar-refractivity contribution >= 4 is 11.8 Å². The number of aromatic nitrogens is 3. The SMILES string of the molecule is C=CC(=O)N1CCN(C[C@@H](Oc2cc(C)c(-c3ncc[nH]3)cc2C(=O)NC)c2ccc(C3CC3)cn2)C[C@H]1C. The predicted octanol–water partition coefficient (Wildman–Crippen LogP) is 3.86. The number of imidazole rings is 1. The fraction of sp³-hybridized carbons (Fsp3) is 0.400. The number of H-pyrrole nitrogens is 1. The lowest BCUT2D eigenvalue weighted by molar-refractivity contribution is -0.130. The number of amides is 2. The Morgan fingerprint density at radius 2 is 2.08 bits per heavy atom. The lowest BCUT2D eigenvalue weighted by atomic mass is 10.0. The van der Waals surface area contributed by atoms with Crippen LogP contribution in [0.4, 0.5) is 0 Å². The molecule has 2 aromatic heterocycles. The van der Waals surface area contributed by atoms with E-state index in [4.69, 9.17) is 9.72 Å². The van der Waals surface area contributed by atoms with Crippen LogP contribution in [0.3, 0.4) is 0 Å². The molecule has 1 saturated heterocycles. The van der Waals surface area contributed by atoms with Gasteiger partial charge in [0.1, 0.15) is 11.6 Å². The second kappa shape index (κ2) is 11.4. The van der Waals surface area contributed by atoms with Crippen LogP contribution in [0.25, 0.3) is 11.4 Å². The van der Waals surface area contributed by atoms with Gasteiger partial charge in [-0.3, -0.25) is 19.5 Å². The maximum Gasteiger partial charge on any atom is 0.254 e. The van der Waals surface area contributed by atoms with E-state index in [9.17, 15) is 9.59 Å². The molecule has 9 heteroatoms. The second-order valence-corrected chi connectivity index (χ2v) is 10.4. The fourth-order valence-electron chi connectivity index (χ4n) is 5.25. The molecule has 3 aromatic rings. The van der Waals surface area contributed by atoms with Crippen LogP contribution < -0.4 is 10.1 Å². The largest absolute Gasteiger partial charge is 0.482 e. The van der Waals surface area contributed by atoms with E-state index in [1.54, 1.807) is 19.4 Å². The third-order valence-electron chi connectivity index (χ3n) is 7.60. The Morgan fingerprint density at radius 3 is 2.69 bits per heavy atom. The van der Waals surface area contributed by atoms with Gasteiger partial charge in [0.25, 0.3) is 5.91 Å². The van der Waals surface area contributed by atoms with Crippen LogP contribution in [-0.4, -0.2) is 75.8 Å². The van der Waals surface area contributed by atoms with Gasteiger partial charge in [0, 0.05) is 63.4 Å². The molecule has 1 aliphatic carbocycles. The summed E-state index contributed by atoms with van der Waals surface area (Å²) in [5, 5.41) is 2.74. The number of nitrogens with one attached hydrogen (secondary N) is 2. The molecule has 0 radical (unpaired) electrons. The van der Waals surface area contributed by atoms with Crippen molar-refractivity contribution in [2.75, 3.05) is 33.2 Å². The summed E-state index contributed by atoms with van der Waals surface area (Å²) in [5.74, 6) is 1.51. The van der Waals surface area contributed by atoms with E-state index in [2.05, 4.69) is 32.8 Å². The highest BCUT2D eigenvalue weighted by Gasteiger charge is 2.30. The van der Waals surface area contributed by atoms with Crippen LogP contribution in [0.1, 0.15) is 59.0 Å². The molecule has 9 nitrogen and oxygen atoms in total. The van der Waals surface area contributed by atoms with Crippen LogP contribution >= 0.6 is 0 Å². The van der Waals surface area contributed by atoms with Gasteiger partial charge in [-0.2, -0.15) is 0 Å². The van der Waals surface area contributed by atoms with Gasteiger partial charge in [-0.1, -0.05) is 12.6 Å². The summed E-state index contributed by atoms with van der Waals surface area (Å²) in [7, 11) is 1.61. The summed E-state index contributed by atoms with van der Waals surface area (Å²) >= 11 is 0. The van der Waals surface area contributed by atoms with Crippen molar-refractivity contribution in [1.82, 2.24) is 30.1 Å². The summed E-state index contributed by atoms with van der Waals surface area (Å²) in [6, 6.07) is 7.96. The lowest BCUT2D eigenvalue weighted by Gasteiger charge is -2.40. The maximum absolute atomic E-state index is 13.0. The molecule has 1 aliphatic heterocycles. The van der Waals surface area contributed by atoms with E-state index < -0.39 is 6.10 Å². The molecule has 0 spiro atoms. The van der Waals surface area contributed by atoms with E-state index in [0.717, 1.165) is 16.8 Å². The van der Waals surface area contributed by atoms with Gasteiger partial charge in [0.15, 0.2) is 6.10 Å². The number of carbonyl (C=O) groups is 2. The zero-order chi connectivity index (χ0) is 27.5. The fourth-order valence-corrected chi connectivity index (χ4v) is 5.25. The molecule has 0 unspecified atom stereocenters. The number of hydrogen-bond donors (Lipinski definition) is 2. The first-order chi connectivity index (χ1) is 18.9. The van der Waals surface area contributed by atoms with Gasteiger partial charge in [-0.25, -0.2) is 4.98 Å². The molecule has 2 amide bonds. The number of carbonyl (C=O) groups excluding carboxylic acids is 2.